The van der Waals surface area contributed by atoms with E-state index in [0.717, 1.165) is 33.6 Å². The molecule has 2 nitrogen and oxygen atoms in total. The van der Waals surface area contributed by atoms with Gasteiger partial charge in [0.15, 0.2) is 0 Å². The van der Waals surface area contributed by atoms with Gasteiger partial charge in [0.05, 0.1) is 5.69 Å². The first-order chi connectivity index (χ1) is 26.3. The van der Waals surface area contributed by atoms with Gasteiger partial charge in [-0.25, -0.2) is 0 Å². The van der Waals surface area contributed by atoms with Crippen molar-refractivity contribution in [2.75, 3.05) is 4.90 Å². The highest BCUT2D eigenvalue weighted by atomic mass is 32.1. The van der Waals surface area contributed by atoms with Gasteiger partial charge in [-0.1, -0.05) is 133 Å². The number of rotatable bonds is 5. The van der Waals surface area contributed by atoms with Gasteiger partial charge in [-0.3, -0.25) is 0 Å². The van der Waals surface area contributed by atoms with Crippen molar-refractivity contribution in [3.8, 4) is 22.3 Å². The Morgan fingerprint density at radius 1 is 0.377 bits per heavy atom. The third kappa shape index (κ3) is 4.86. The van der Waals surface area contributed by atoms with Crippen LogP contribution in [-0.4, -0.2) is 0 Å². The molecule has 0 aliphatic rings. The van der Waals surface area contributed by atoms with E-state index >= 15 is 0 Å². The number of anilines is 3. The van der Waals surface area contributed by atoms with E-state index in [2.05, 4.69) is 181 Å². The van der Waals surface area contributed by atoms with Crippen LogP contribution in [0.2, 0.25) is 0 Å². The topological polar surface area (TPSA) is 16.4 Å². The summed E-state index contributed by atoms with van der Waals surface area (Å²) < 4.78 is 8.79. The van der Waals surface area contributed by atoms with E-state index in [4.69, 9.17) is 4.42 Å². The summed E-state index contributed by atoms with van der Waals surface area (Å²) in [5.74, 6) is 0. The van der Waals surface area contributed by atoms with Crippen LogP contribution in [0.4, 0.5) is 17.1 Å². The summed E-state index contributed by atoms with van der Waals surface area (Å²) in [5.41, 5.74) is 10.0. The third-order valence-corrected chi connectivity index (χ3v) is 11.8. The van der Waals surface area contributed by atoms with Crippen molar-refractivity contribution in [2.24, 2.45) is 0 Å². The number of fused-ring (bicyclic) bond motifs is 9. The quantitative estimate of drug-likeness (QED) is 0.178. The molecule has 0 unspecified atom stereocenters. The fourth-order valence-corrected chi connectivity index (χ4v) is 9.33. The van der Waals surface area contributed by atoms with Crippen LogP contribution >= 0.6 is 11.3 Å². The predicted octanol–water partition coefficient (Wildman–Crippen LogP) is 15.1. The minimum absolute atomic E-state index is 0.924. The van der Waals surface area contributed by atoms with Gasteiger partial charge in [0.2, 0.25) is 0 Å². The summed E-state index contributed by atoms with van der Waals surface area (Å²) in [6.07, 6.45) is 0. The minimum Gasteiger partial charge on any atom is -0.456 e. The van der Waals surface area contributed by atoms with Gasteiger partial charge in [0.25, 0.3) is 0 Å². The Hall–Kier alpha value is -6.68. The van der Waals surface area contributed by atoms with Crippen LogP contribution in [0.25, 0.3) is 85.9 Å². The molecule has 11 rings (SSSR count). The summed E-state index contributed by atoms with van der Waals surface area (Å²) >= 11 is 1.86. The van der Waals surface area contributed by atoms with Crippen molar-refractivity contribution in [3.63, 3.8) is 0 Å². The van der Waals surface area contributed by atoms with Crippen molar-refractivity contribution in [3.05, 3.63) is 188 Å². The summed E-state index contributed by atoms with van der Waals surface area (Å²) in [7, 11) is 0. The SMILES string of the molecule is c1ccc(-c2ccccc2N(c2ccc3c(-c4ccc5c(ccc6oc7ccccc7c65)c4)cccc3c2)c2ccc3c(c2)sc2ccccc23)cc1. The van der Waals surface area contributed by atoms with Crippen molar-refractivity contribution in [1.29, 1.82) is 0 Å². The Balaban J connectivity index is 1.08. The van der Waals surface area contributed by atoms with Gasteiger partial charge < -0.3 is 9.32 Å². The van der Waals surface area contributed by atoms with Gasteiger partial charge in [-0.15, -0.1) is 11.3 Å². The number of hydrogen-bond acceptors (Lipinski definition) is 3. The molecule has 248 valence electrons. The highest BCUT2D eigenvalue weighted by molar-refractivity contribution is 7.25. The monoisotopic (exact) mass is 693 g/mol. The molecule has 2 aromatic heterocycles. The van der Waals surface area contributed by atoms with Crippen molar-refractivity contribution in [2.45, 2.75) is 0 Å². The normalized spacial score (nSPS) is 11.8. The van der Waals surface area contributed by atoms with Crippen LogP contribution in [0.5, 0.6) is 0 Å². The Kier molecular flexibility index (Phi) is 6.76. The third-order valence-electron chi connectivity index (χ3n) is 10.6. The molecular formula is C50H31NOS. The molecule has 0 atom stereocenters. The molecule has 11 aromatic rings. The highest BCUT2D eigenvalue weighted by Gasteiger charge is 2.19. The Morgan fingerprint density at radius 2 is 1.08 bits per heavy atom. The lowest BCUT2D eigenvalue weighted by molar-refractivity contribution is 0.669. The van der Waals surface area contributed by atoms with Crippen LogP contribution < -0.4 is 4.90 Å². The van der Waals surface area contributed by atoms with Gasteiger partial charge in [-0.2, -0.15) is 0 Å². The first kappa shape index (κ1) is 30.0. The van der Waals surface area contributed by atoms with E-state index in [1.165, 1.54) is 69.4 Å². The second-order valence-corrected chi connectivity index (χ2v) is 14.8. The first-order valence-corrected chi connectivity index (χ1v) is 18.8. The van der Waals surface area contributed by atoms with Crippen LogP contribution in [0.3, 0.4) is 0 Å². The molecule has 0 amide bonds. The molecule has 0 saturated heterocycles. The van der Waals surface area contributed by atoms with E-state index in [0.29, 0.717) is 0 Å². The zero-order valence-corrected chi connectivity index (χ0v) is 29.5. The maximum atomic E-state index is 6.19. The lowest BCUT2D eigenvalue weighted by Gasteiger charge is -2.28. The molecular weight excluding hydrogens is 663 g/mol. The van der Waals surface area contributed by atoms with Crippen LogP contribution in [0, 0.1) is 0 Å². The molecule has 0 N–H and O–H groups in total. The zero-order chi connectivity index (χ0) is 34.9. The maximum Gasteiger partial charge on any atom is 0.136 e. The largest absolute Gasteiger partial charge is 0.456 e. The average molecular weight is 694 g/mol. The number of para-hydroxylation sites is 2. The standard InChI is InChI=1S/C50H31NOS/c1-2-11-32(12-3-1)40-14-4-7-18-45(40)51(37-24-27-43-42-15-6-9-20-48(42)53-49(43)31-37)36-23-26-39-33(30-36)13-10-17-38(39)34-21-25-41-35(29-34)22-28-47-50(41)44-16-5-8-19-46(44)52-47/h1-31H. The van der Waals surface area contributed by atoms with E-state index in [1.807, 2.05) is 23.5 Å². The molecule has 9 aromatic carbocycles. The molecule has 0 aliphatic heterocycles. The zero-order valence-electron chi connectivity index (χ0n) is 28.7. The minimum atomic E-state index is 0.924. The Morgan fingerprint density at radius 3 is 2.00 bits per heavy atom. The summed E-state index contributed by atoms with van der Waals surface area (Å²) in [4.78, 5) is 2.43. The first-order valence-electron chi connectivity index (χ1n) is 18.0. The van der Waals surface area contributed by atoms with E-state index in [1.54, 1.807) is 0 Å². The Bertz CT molecular complexity index is 3190. The predicted molar refractivity (Wildman–Crippen MR) is 227 cm³/mol. The molecule has 0 saturated carbocycles. The summed E-state index contributed by atoms with van der Waals surface area (Å²) in [6, 6.07) is 68.1. The van der Waals surface area contributed by atoms with Crippen molar-refractivity contribution < 1.29 is 4.42 Å². The molecule has 0 aliphatic carbocycles. The lowest BCUT2D eigenvalue weighted by Crippen LogP contribution is -2.11. The fourth-order valence-electron chi connectivity index (χ4n) is 8.19. The molecule has 0 bridgehead atoms. The van der Waals surface area contributed by atoms with Gasteiger partial charge >= 0.3 is 0 Å². The summed E-state index contributed by atoms with van der Waals surface area (Å²) in [5, 5.41) is 9.77. The average Bonchev–Trinajstić information content (AvgIpc) is 3.79. The van der Waals surface area contributed by atoms with Gasteiger partial charge in [0, 0.05) is 47.9 Å². The fraction of sp³-hybridized carbons (Fsp3) is 0. The van der Waals surface area contributed by atoms with Crippen LogP contribution in [0.15, 0.2) is 192 Å². The molecule has 0 fully saturated rings. The molecule has 2 heterocycles. The van der Waals surface area contributed by atoms with Gasteiger partial charge in [0.1, 0.15) is 11.2 Å². The molecule has 3 heteroatoms. The van der Waals surface area contributed by atoms with E-state index in [-0.39, 0.29) is 0 Å². The van der Waals surface area contributed by atoms with Crippen molar-refractivity contribution >= 4 is 92.1 Å². The van der Waals surface area contributed by atoms with E-state index in [9.17, 15) is 0 Å². The number of furan rings is 1. The second-order valence-electron chi connectivity index (χ2n) is 13.7. The van der Waals surface area contributed by atoms with E-state index < -0.39 is 0 Å². The van der Waals surface area contributed by atoms with Crippen LogP contribution in [0.1, 0.15) is 0 Å². The number of hydrogen-bond donors (Lipinski definition) is 0. The number of thiophene rings is 1. The highest BCUT2D eigenvalue weighted by Crippen LogP contribution is 2.45. The molecule has 0 radical (unpaired) electrons. The smallest absolute Gasteiger partial charge is 0.136 e. The van der Waals surface area contributed by atoms with Crippen molar-refractivity contribution in [1.82, 2.24) is 0 Å². The molecule has 0 spiro atoms. The van der Waals surface area contributed by atoms with Crippen LogP contribution in [-0.2, 0) is 0 Å². The summed E-state index contributed by atoms with van der Waals surface area (Å²) in [6.45, 7) is 0. The number of benzene rings is 9. The maximum absolute atomic E-state index is 6.19. The second kappa shape index (κ2) is 11.9. The molecule has 53 heavy (non-hydrogen) atoms. The lowest BCUT2D eigenvalue weighted by atomic mass is 9.94. The van der Waals surface area contributed by atoms with Gasteiger partial charge in [-0.05, 0) is 92.8 Å². The number of nitrogens with zero attached hydrogens (tertiary/aromatic N) is 1. The Labute approximate surface area is 310 Å².